The standard InChI is InChI=1S/C9H12F6O2/c1-17-7(16)4-2-3-6(9(13,14)15)5-8(10,11)12/h6H,2-5H2,1H3. The SMILES string of the molecule is COC(=O)CCCC(CC(F)(F)F)C(F)(F)F. The summed E-state index contributed by atoms with van der Waals surface area (Å²) >= 11 is 0. The van der Waals surface area contributed by atoms with Crippen molar-refractivity contribution in [3.63, 3.8) is 0 Å². The Balaban J connectivity index is 4.27. The maximum Gasteiger partial charge on any atom is 0.392 e. The van der Waals surface area contributed by atoms with Gasteiger partial charge in [-0.25, -0.2) is 0 Å². The Hall–Kier alpha value is -0.950. The summed E-state index contributed by atoms with van der Waals surface area (Å²) in [5.41, 5.74) is 0. The molecule has 0 heterocycles. The Morgan fingerprint density at radius 1 is 1.18 bits per heavy atom. The van der Waals surface area contributed by atoms with E-state index in [1.807, 2.05) is 0 Å². The molecule has 0 fully saturated rings. The van der Waals surface area contributed by atoms with Crippen LogP contribution in [0.5, 0.6) is 0 Å². The Labute approximate surface area is 93.9 Å². The number of hydrogen-bond acceptors (Lipinski definition) is 2. The van der Waals surface area contributed by atoms with E-state index < -0.39 is 37.1 Å². The van der Waals surface area contributed by atoms with E-state index in [2.05, 4.69) is 4.74 Å². The molecule has 0 rings (SSSR count). The summed E-state index contributed by atoms with van der Waals surface area (Å²) in [5.74, 6) is -3.20. The second kappa shape index (κ2) is 6.11. The third-order valence-electron chi connectivity index (χ3n) is 2.10. The number of esters is 1. The highest BCUT2D eigenvalue weighted by molar-refractivity contribution is 5.68. The average molecular weight is 266 g/mol. The third kappa shape index (κ3) is 7.87. The first-order valence-electron chi connectivity index (χ1n) is 4.76. The van der Waals surface area contributed by atoms with E-state index >= 15 is 0 Å². The van der Waals surface area contributed by atoms with Crippen molar-refractivity contribution in [2.75, 3.05) is 7.11 Å². The lowest BCUT2D eigenvalue weighted by Gasteiger charge is -2.21. The quantitative estimate of drug-likeness (QED) is 0.562. The van der Waals surface area contributed by atoms with E-state index in [-0.39, 0.29) is 12.8 Å². The zero-order valence-electron chi connectivity index (χ0n) is 8.99. The molecule has 8 heteroatoms. The van der Waals surface area contributed by atoms with Crippen molar-refractivity contribution in [1.82, 2.24) is 0 Å². The zero-order valence-corrected chi connectivity index (χ0v) is 8.99. The monoisotopic (exact) mass is 266 g/mol. The van der Waals surface area contributed by atoms with Crippen LogP contribution in [0.15, 0.2) is 0 Å². The second-order valence-electron chi connectivity index (χ2n) is 3.53. The highest BCUT2D eigenvalue weighted by atomic mass is 19.4. The normalized spacial score (nSPS) is 14.5. The van der Waals surface area contributed by atoms with Gasteiger partial charge in [0.2, 0.25) is 0 Å². The highest BCUT2D eigenvalue weighted by Gasteiger charge is 2.45. The molecule has 1 atom stereocenters. The Kier molecular flexibility index (Phi) is 5.77. The number of alkyl halides is 6. The van der Waals surface area contributed by atoms with Crippen LogP contribution in [0.2, 0.25) is 0 Å². The minimum atomic E-state index is -4.91. The summed E-state index contributed by atoms with van der Waals surface area (Å²) in [6.45, 7) is 0. The molecule has 0 saturated carbocycles. The number of carbonyl (C=O) groups excluding carboxylic acids is 1. The molecule has 0 spiro atoms. The summed E-state index contributed by atoms with van der Waals surface area (Å²) < 4.78 is 76.6. The van der Waals surface area contributed by atoms with Gasteiger partial charge in [0.25, 0.3) is 0 Å². The third-order valence-corrected chi connectivity index (χ3v) is 2.10. The van der Waals surface area contributed by atoms with Crippen molar-refractivity contribution < 1.29 is 35.9 Å². The lowest BCUT2D eigenvalue weighted by molar-refractivity contribution is -0.220. The van der Waals surface area contributed by atoms with E-state index in [0.29, 0.717) is 0 Å². The lowest BCUT2D eigenvalue weighted by atomic mass is 9.97. The summed E-state index contributed by atoms with van der Waals surface area (Å²) in [7, 11) is 1.05. The number of methoxy groups -OCH3 is 1. The predicted octanol–water partition coefficient (Wildman–Crippen LogP) is 3.46. The van der Waals surface area contributed by atoms with Gasteiger partial charge in [-0.2, -0.15) is 26.3 Å². The summed E-state index contributed by atoms with van der Waals surface area (Å²) in [6.07, 6.45) is -13.0. The predicted molar refractivity (Wildman–Crippen MR) is 46.1 cm³/mol. The van der Waals surface area contributed by atoms with Gasteiger partial charge in [-0.3, -0.25) is 4.79 Å². The maximum absolute atomic E-state index is 12.2. The first-order valence-corrected chi connectivity index (χ1v) is 4.76. The maximum atomic E-state index is 12.2. The molecule has 17 heavy (non-hydrogen) atoms. The van der Waals surface area contributed by atoms with Gasteiger partial charge in [-0.15, -0.1) is 0 Å². The number of ether oxygens (including phenoxy) is 1. The van der Waals surface area contributed by atoms with E-state index in [1.165, 1.54) is 0 Å². The number of hydrogen-bond donors (Lipinski definition) is 0. The Morgan fingerprint density at radius 3 is 2.06 bits per heavy atom. The van der Waals surface area contributed by atoms with Crippen LogP contribution in [-0.2, 0) is 9.53 Å². The highest BCUT2D eigenvalue weighted by Crippen LogP contribution is 2.38. The molecule has 0 aromatic carbocycles. The Morgan fingerprint density at radius 2 is 1.71 bits per heavy atom. The molecule has 2 nitrogen and oxygen atoms in total. The molecular weight excluding hydrogens is 254 g/mol. The van der Waals surface area contributed by atoms with E-state index in [4.69, 9.17) is 0 Å². The van der Waals surface area contributed by atoms with Crippen molar-refractivity contribution in [3.8, 4) is 0 Å². The van der Waals surface area contributed by atoms with Crippen LogP contribution in [-0.4, -0.2) is 25.4 Å². The first-order chi connectivity index (χ1) is 7.56. The fourth-order valence-corrected chi connectivity index (χ4v) is 1.26. The van der Waals surface area contributed by atoms with E-state index in [0.717, 1.165) is 7.11 Å². The molecule has 0 aliphatic rings. The molecule has 0 aromatic rings. The fraction of sp³-hybridized carbons (Fsp3) is 0.889. The molecule has 0 radical (unpaired) electrons. The van der Waals surface area contributed by atoms with Gasteiger partial charge in [0.15, 0.2) is 0 Å². The Bertz CT molecular complexity index is 245. The van der Waals surface area contributed by atoms with Gasteiger partial charge in [0.1, 0.15) is 0 Å². The second-order valence-corrected chi connectivity index (χ2v) is 3.53. The molecule has 102 valence electrons. The van der Waals surface area contributed by atoms with Crippen LogP contribution >= 0.6 is 0 Å². The first kappa shape index (κ1) is 16.1. The molecule has 0 aliphatic heterocycles. The van der Waals surface area contributed by atoms with Crippen LogP contribution in [0.4, 0.5) is 26.3 Å². The van der Waals surface area contributed by atoms with Gasteiger partial charge in [-0.1, -0.05) is 0 Å². The average Bonchev–Trinajstić information content (AvgIpc) is 2.12. The smallest absolute Gasteiger partial charge is 0.392 e. The van der Waals surface area contributed by atoms with Crippen molar-refractivity contribution >= 4 is 5.97 Å². The van der Waals surface area contributed by atoms with Crippen LogP contribution in [0.25, 0.3) is 0 Å². The molecule has 0 saturated heterocycles. The van der Waals surface area contributed by atoms with Crippen molar-refractivity contribution in [2.24, 2.45) is 5.92 Å². The summed E-state index contributed by atoms with van der Waals surface area (Å²) in [4.78, 5) is 10.6. The van der Waals surface area contributed by atoms with E-state index in [9.17, 15) is 31.1 Å². The van der Waals surface area contributed by atoms with Gasteiger partial charge in [0, 0.05) is 6.42 Å². The summed E-state index contributed by atoms with van der Waals surface area (Å²) in [6, 6.07) is 0. The number of carbonyl (C=O) groups is 1. The molecule has 0 amide bonds. The van der Waals surface area contributed by atoms with Gasteiger partial charge in [-0.05, 0) is 12.8 Å². The minimum absolute atomic E-state index is 0.285. The molecule has 1 unspecified atom stereocenters. The van der Waals surface area contributed by atoms with Gasteiger partial charge in [0.05, 0.1) is 19.4 Å². The fourth-order valence-electron chi connectivity index (χ4n) is 1.26. The minimum Gasteiger partial charge on any atom is -0.469 e. The number of halogens is 6. The zero-order chi connectivity index (χ0) is 13.7. The van der Waals surface area contributed by atoms with Crippen LogP contribution in [0.1, 0.15) is 25.7 Å². The molecular formula is C9H12F6O2. The van der Waals surface area contributed by atoms with Crippen molar-refractivity contribution in [2.45, 2.75) is 38.0 Å². The van der Waals surface area contributed by atoms with Gasteiger partial charge >= 0.3 is 18.3 Å². The topological polar surface area (TPSA) is 26.3 Å². The molecule has 0 N–H and O–H groups in total. The van der Waals surface area contributed by atoms with Crippen LogP contribution < -0.4 is 0 Å². The van der Waals surface area contributed by atoms with Crippen molar-refractivity contribution in [3.05, 3.63) is 0 Å². The van der Waals surface area contributed by atoms with Crippen LogP contribution in [0, 0.1) is 5.92 Å². The molecule has 0 bridgehead atoms. The van der Waals surface area contributed by atoms with Gasteiger partial charge < -0.3 is 4.74 Å². The molecule has 0 aliphatic carbocycles. The number of rotatable bonds is 5. The van der Waals surface area contributed by atoms with E-state index in [1.54, 1.807) is 0 Å². The largest absolute Gasteiger partial charge is 0.469 e. The summed E-state index contributed by atoms with van der Waals surface area (Å²) in [5, 5.41) is 0. The van der Waals surface area contributed by atoms with Crippen LogP contribution in [0.3, 0.4) is 0 Å². The van der Waals surface area contributed by atoms with Crippen molar-refractivity contribution in [1.29, 1.82) is 0 Å². The molecule has 0 aromatic heterocycles. The lowest BCUT2D eigenvalue weighted by Crippen LogP contribution is -2.28.